The van der Waals surface area contributed by atoms with Gasteiger partial charge in [-0.3, -0.25) is 4.79 Å². The summed E-state index contributed by atoms with van der Waals surface area (Å²) in [6, 6.07) is 11.4. The van der Waals surface area contributed by atoms with E-state index in [1.54, 1.807) is 7.11 Å². The molecule has 0 radical (unpaired) electrons. The Hall–Kier alpha value is -2.66. The average molecular weight is 415 g/mol. The van der Waals surface area contributed by atoms with E-state index in [1.165, 1.54) is 0 Å². The summed E-state index contributed by atoms with van der Waals surface area (Å²) in [6.07, 6.45) is 2.46. The third-order valence-electron chi connectivity index (χ3n) is 5.37. The smallest absolute Gasteiger partial charge is 0.315 e. The van der Waals surface area contributed by atoms with E-state index in [0.717, 1.165) is 16.9 Å². The first kappa shape index (κ1) is 19.6. The summed E-state index contributed by atoms with van der Waals surface area (Å²) in [5.41, 5.74) is 1.89. The summed E-state index contributed by atoms with van der Waals surface area (Å²) < 4.78 is 21.7. The van der Waals surface area contributed by atoms with Crippen molar-refractivity contribution in [3.05, 3.63) is 58.3 Å². The van der Waals surface area contributed by atoms with E-state index in [1.807, 2.05) is 42.5 Å². The van der Waals surface area contributed by atoms with Crippen LogP contribution in [-0.2, 0) is 16.0 Å². The maximum absolute atomic E-state index is 12.7. The third-order valence-corrected chi connectivity index (χ3v) is 5.65. The molecule has 0 saturated carbocycles. The van der Waals surface area contributed by atoms with Crippen LogP contribution in [0.15, 0.2) is 42.2 Å². The SMILES string of the molecule is COc1ccc(/C=C2/OC(=O)[C@H](Cc3cc(Cl)c4c(c3)OCO4)[C@H]2C(C)C)cc1. The monoisotopic (exact) mass is 414 g/mol. The summed E-state index contributed by atoms with van der Waals surface area (Å²) in [5, 5.41) is 0.497. The van der Waals surface area contributed by atoms with E-state index in [-0.39, 0.29) is 30.5 Å². The number of cyclic esters (lactones) is 1. The Morgan fingerprint density at radius 1 is 1.21 bits per heavy atom. The molecular formula is C23H23ClO5. The molecule has 5 nitrogen and oxygen atoms in total. The van der Waals surface area contributed by atoms with Crippen molar-refractivity contribution in [1.29, 1.82) is 0 Å². The molecule has 0 unspecified atom stereocenters. The molecule has 4 rings (SSSR count). The molecule has 2 aromatic rings. The minimum absolute atomic E-state index is 0.0196. The number of fused-ring (bicyclic) bond motifs is 1. The molecule has 0 N–H and O–H groups in total. The number of ether oxygens (including phenoxy) is 4. The number of rotatable bonds is 5. The number of hydrogen-bond donors (Lipinski definition) is 0. The lowest BCUT2D eigenvalue weighted by Crippen LogP contribution is -2.22. The molecule has 0 aliphatic carbocycles. The van der Waals surface area contributed by atoms with Crippen molar-refractivity contribution >= 4 is 23.6 Å². The van der Waals surface area contributed by atoms with E-state index in [4.69, 9.17) is 30.5 Å². The average Bonchev–Trinajstić information content (AvgIpc) is 3.27. The van der Waals surface area contributed by atoms with Gasteiger partial charge in [0.15, 0.2) is 11.5 Å². The van der Waals surface area contributed by atoms with Gasteiger partial charge in [0.05, 0.1) is 18.1 Å². The maximum Gasteiger partial charge on any atom is 0.315 e. The predicted molar refractivity (Wildman–Crippen MR) is 110 cm³/mol. The van der Waals surface area contributed by atoms with Crippen LogP contribution in [0.2, 0.25) is 5.02 Å². The molecule has 6 heteroatoms. The fourth-order valence-corrected chi connectivity index (χ4v) is 4.28. The molecule has 0 amide bonds. The molecule has 0 spiro atoms. The maximum atomic E-state index is 12.7. The van der Waals surface area contributed by atoms with Gasteiger partial charge in [-0.05, 0) is 53.8 Å². The number of esters is 1. The second kappa shape index (κ2) is 7.99. The van der Waals surface area contributed by atoms with Crippen molar-refractivity contribution in [2.75, 3.05) is 13.9 Å². The summed E-state index contributed by atoms with van der Waals surface area (Å²) in [7, 11) is 1.63. The number of carbonyl (C=O) groups is 1. The Morgan fingerprint density at radius 3 is 2.66 bits per heavy atom. The van der Waals surface area contributed by atoms with Gasteiger partial charge in [0.1, 0.15) is 11.5 Å². The number of benzene rings is 2. The normalized spacial score (nSPS) is 21.7. The lowest BCUT2D eigenvalue weighted by atomic mass is 9.80. The minimum Gasteiger partial charge on any atom is -0.497 e. The Labute approximate surface area is 175 Å². The van der Waals surface area contributed by atoms with Crippen LogP contribution >= 0.6 is 11.6 Å². The summed E-state index contributed by atoms with van der Waals surface area (Å²) in [5.74, 6) is 2.39. The molecule has 29 heavy (non-hydrogen) atoms. The first-order valence-corrected chi connectivity index (χ1v) is 9.99. The zero-order chi connectivity index (χ0) is 20.5. The third kappa shape index (κ3) is 3.92. The lowest BCUT2D eigenvalue weighted by Gasteiger charge is -2.20. The molecule has 0 aromatic heterocycles. The minimum atomic E-state index is -0.282. The highest BCUT2D eigenvalue weighted by molar-refractivity contribution is 6.32. The van der Waals surface area contributed by atoms with Crippen molar-refractivity contribution < 1.29 is 23.7 Å². The van der Waals surface area contributed by atoms with Crippen LogP contribution in [0, 0.1) is 17.8 Å². The van der Waals surface area contributed by atoms with Crippen LogP contribution in [0.3, 0.4) is 0 Å². The molecule has 2 aliphatic rings. The van der Waals surface area contributed by atoms with Crippen molar-refractivity contribution in [1.82, 2.24) is 0 Å². The van der Waals surface area contributed by atoms with Gasteiger partial charge in [0, 0.05) is 5.92 Å². The number of methoxy groups -OCH3 is 1. The van der Waals surface area contributed by atoms with E-state index in [2.05, 4.69) is 13.8 Å². The number of carbonyl (C=O) groups excluding carboxylic acids is 1. The van der Waals surface area contributed by atoms with E-state index in [9.17, 15) is 4.79 Å². The summed E-state index contributed by atoms with van der Waals surface area (Å²) >= 11 is 6.31. The Kier molecular flexibility index (Phi) is 5.41. The van der Waals surface area contributed by atoms with E-state index in [0.29, 0.717) is 28.7 Å². The molecule has 2 aromatic carbocycles. The quantitative estimate of drug-likeness (QED) is 0.636. The van der Waals surface area contributed by atoms with Gasteiger partial charge in [-0.2, -0.15) is 0 Å². The molecule has 2 aliphatic heterocycles. The number of halogens is 1. The first-order chi connectivity index (χ1) is 14.0. The molecule has 1 fully saturated rings. The van der Waals surface area contributed by atoms with Crippen LogP contribution < -0.4 is 14.2 Å². The highest BCUT2D eigenvalue weighted by atomic mass is 35.5. The van der Waals surface area contributed by atoms with Gasteiger partial charge in [0.2, 0.25) is 6.79 Å². The van der Waals surface area contributed by atoms with Gasteiger partial charge in [0.25, 0.3) is 0 Å². The number of hydrogen-bond acceptors (Lipinski definition) is 5. The van der Waals surface area contributed by atoms with Gasteiger partial charge >= 0.3 is 5.97 Å². The van der Waals surface area contributed by atoms with Crippen LogP contribution in [0.5, 0.6) is 17.2 Å². The van der Waals surface area contributed by atoms with E-state index >= 15 is 0 Å². The van der Waals surface area contributed by atoms with Crippen molar-refractivity contribution in [2.24, 2.45) is 17.8 Å². The topological polar surface area (TPSA) is 54.0 Å². The van der Waals surface area contributed by atoms with Gasteiger partial charge < -0.3 is 18.9 Å². The molecule has 1 saturated heterocycles. The Morgan fingerprint density at radius 2 is 1.97 bits per heavy atom. The molecule has 0 bridgehead atoms. The Balaban J connectivity index is 1.61. The van der Waals surface area contributed by atoms with Crippen LogP contribution in [0.4, 0.5) is 0 Å². The van der Waals surface area contributed by atoms with Crippen LogP contribution in [0.25, 0.3) is 6.08 Å². The number of allylic oxidation sites excluding steroid dienone is 1. The fraction of sp³-hybridized carbons (Fsp3) is 0.348. The highest BCUT2D eigenvalue weighted by Gasteiger charge is 2.42. The first-order valence-electron chi connectivity index (χ1n) is 9.61. The van der Waals surface area contributed by atoms with Crippen LogP contribution in [-0.4, -0.2) is 19.9 Å². The lowest BCUT2D eigenvalue weighted by molar-refractivity contribution is -0.139. The molecular weight excluding hydrogens is 392 g/mol. The van der Waals surface area contributed by atoms with E-state index < -0.39 is 0 Å². The van der Waals surface area contributed by atoms with Crippen molar-refractivity contribution in [3.63, 3.8) is 0 Å². The van der Waals surface area contributed by atoms with Crippen molar-refractivity contribution in [2.45, 2.75) is 20.3 Å². The highest BCUT2D eigenvalue weighted by Crippen LogP contribution is 2.43. The zero-order valence-corrected chi connectivity index (χ0v) is 17.4. The Bertz CT molecular complexity index is 948. The van der Waals surface area contributed by atoms with Gasteiger partial charge in [-0.25, -0.2) is 0 Å². The standard InChI is InChI=1S/C23H23ClO5/c1-13(2)21-17(8-15-9-18(24)22-20(11-15)27-12-28-22)23(25)29-19(21)10-14-4-6-16(26-3)7-5-14/h4-7,9-11,13,17,21H,8,12H2,1-3H3/b19-10+/t17-,21-/m1/s1. The summed E-state index contributed by atoms with van der Waals surface area (Å²) in [6.45, 7) is 4.37. The second-order valence-electron chi connectivity index (χ2n) is 7.63. The summed E-state index contributed by atoms with van der Waals surface area (Å²) in [4.78, 5) is 12.7. The van der Waals surface area contributed by atoms with Gasteiger partial charge in [-0.15, -0.1) is 0 Å². The molecule has 2 heterocycles. The largest absolute Gasteiger partial charge is 0.497 e. The van der Waals surface area contributed by atoms with Crippen LogP contribution in [0.1, 0.15) is 25.0 Å². The van der Waals surface area contributed by atoms with Crippen molar-refractivity contribution in [3.8, 4) is 17.2 Å². The zero-order valence-electron chi connectivity index (χ0n) is 16.6. The van der Waals surface area contributed by atoms with Gasteiger partial charge in [-0.1, -0.05) is 37.6 Å². The predicted octanol–water partition coefficient (Wildman–Crippen LogP) is 5.11. The molecule has 152 valence electrons. The second-order valence-corrected chi connectivity index (χ2v) is 8.04. The fourth-order valence-electron chi connectivity index (χ4n) is 3.99. The molecule has 2 atom stereocenters.